The Kier molecular flexibility index (Phi) is 5.06. The van der Waals surface area contributed by atoms with Gasteiger partial charge in [0.15, 0.2) is 0 Å². The number of ether oxygens (including phenoxy) is 1. The van der Waals surface area contributed by atoms with Gasteiger partial charge in [-0.3, -0.25) is 5.10 Å². The normalized spacial score (nSPS) is 18.8. The lowest BCUT2D eigenvalue weighted by atomic mass is 9.83. The molecule has 2 aromatic carbocycles. The van der Waals surface area contributed by atoms with Crippen molar-refractivity contribution >= 4 is 15.1 Å². The molecule has 0 bridgehead atoms. The van der Waals surface area contributed by atoms with Crippen LogP contribution in [0.25, 0.3) is 0 Å². The highest BCUT2D eigenvalue weighted by atomic mass is 32.2. The number of hydrogen-bond donors (Lipinski definition) is 2. The van der Waals surface area contributed by atoms with Crippen LogP contribution in [0.5, 0.6) is 0 Å². The first kappa shape index (κ1) is 19.1. The fourth-order valence-corrected chi connectivity index (χ4v) is 5.17. The van der Waals surface area contributed by atoms with Crippen molar-refractivity contribution < 1.29 is 17.9 Å². The largest absolute Gasteiger partial charge is 0.449 e. The van der Waals surface area contributed by atoms with Gasteiger partial charge in [0.1, 0.15) is 12.4 Å². The molecule has 1 aromatic heterocycles. The van der Waals surface area contributed by atoms with E-state index in [4.69, 9.17) is 4.74 Å². The number of nitrogens with one attached hydrogen (secondary N) is 2. The molecule has 0 amide bonds. The molecule has 2 N–H and O–H groups in total. The molecule has 4 rings (SSSR count). The van der Waals surface area contributed by atoms with Crippen LogP contribution in [0.1, 0.15) is 40.1 Å². The summed E-state index contributed by atoms with van der Waals surface area (Å²) >= 11 is 0. The predicted molar refractivity (Wildman–Crippen MR) is 105 cm³/mol. The number of benzene rings is 2. The monoisotopic (exact) mass is 413 g/mol. The van der Waals surface area contributed by atoms with Crippen molar-refractivity contribution in [2.45, 2.75) is 30.6 Å². The molecule has 9 heteroatoms. The first-order valence-electron chi connectivity index (χ1n) is 9.12. The Labute approximate surface area is 166 Å². The van der Waals surface area contributed by atoms with Crippen LogP contribution < -0.4 is 5.69 Å². The third-order valence-corrected chi connectivity index (χ3v) is 6.86. The molecule has 1 unspecified atom stereocenters. The van der Waals surface area contributed by atoms with Gasteiger partial charge >= 0.3 is 11.0 Å². The molecule has 1 aliphatic carbocycles. The van der Waals surface area contributed by atoms with Gasteiger partial charge in [0, 0.05) is 5.92 Å². The van der Waals surface area contributed by atoms with Gasteiger partial charge < -0.3 is 4.74 Å². The Bertz CT molecular complexity index is 1180. The Hall–Kier alpha value is -3.20. The maximum Gasteiger partial charge on any atom is 0.425 e. The van der Waals surface area contributed by atoms with E-state index >= 15 is 0 Å². The van der Waals surface area contributed by atoms with Crippen LogP contribution in [-0.2, 0) is 27.6 Å². The number of fused-ring (bicyclic) bond motifs is 1. The Morgan fingerprint density at radius 3 is 2.52 bits per heavy atom. The van der Waals surface area contributed by atoms with E-state index in [9.17, 15) is 18.0 Å². The zero-order chi connectivity index (χ0) is 20.4. The third kappa shape index (κ3) is 3.86. The molecular weight excluding hydrogens is 394 g/mol. The molecular formula is C20H19N3O5S. The lowest BCUT2D eigenvalue weighted by Crippen LogP contribution is -2.29. The van der Waals surface area contributed by atoms with Gasteiger partial charge in [-0.05, 0) is 29.5 Å². The topological polar surface area (TPSA) is 122 Å². The molecule has 29 heavy (non-hydrogen) atoms. The van der Waals surface area contributed by atoms with Gasteiger partial charge in [-0.2, -0.15) is 4.98 Å². The van der Waals surface area contributed by atoms with E-state index in [2.05, 4.69) is 15.2 Å². The van der Waals surface area contributed by atoms with E-state index in [1.54, 1.807) is 36.4 Å². The number of rotatable bonds is 4. The average Bonchev–Trinajstić information content (AvgIpc) is 3.18. The smallest absolute Gasteiger partial charge is 0.425 e. The molecule has 0 aliphatic heterocycles. The second kappa shape index (κ2) is 7.67. The van der Waals surface area contributed by atoms with Crippen molar-refractivity contribution in [2.75, 3.05) is 0 Å². The number of aromatic nitrogens is 3. The fraction of sp³-hybridized carbons (Fsp3) is 0.250. The average molecular weight is 413 g/mol. The van der Waals surface area contributed by atoms with E-state index < -0.39 is 26.1 Å². The summed E-state index contributed by atoms with van der Waals surface area (Å²) in [7, 11) is -4.27. The summed E-state index contributed by atoms with van der Waals surface area (Å²) in [6.45, 7) is -0.122. The number of H-pyrrole nitrogens is 2. The quantitative estimate of drug-likeness (QED) is 0.634. The minimum atomic E-state index is -4.27. The lowest BCUT2D eigenvalue weighted by molar-refractivity contribution is 0.165. The van der Waals surface area contributed by atoms with Crippen LogP contribution in [0.3, 0.4) is 0 Å². The van der Waals surface area contributed by atoms with E-state index in [1.807, 2.05) is 18.2 Å². The maximum atomic E-state index is 13.1. The number of carbonyl (C=O) groups is 1. The van der Waals surface area contributed by atoms with E-state index in [0.29, 0.717) is 23.4 Å². The number of nitrogens with zero attached hydrogens (tertiary/aromatic N) is 1. The zero-order valence-corrected chi connectivity index (χ0v) is 16.2. The molecule has 0 saturated carbocycles. The van der Waals surface area contributed by atoms with Gasteiger partial charge in [-0.15, -0.1) is 0 Å². The summed E-state index contributed by atoms with van der Waals surface area (Å²) < 4.78 is 31.3. The van der Waals surface area contributed by atoms with Crippen molar-refractivity contribution in [3.63, 3.8) is 0 Å². The number of carbonyl (C=O) groups excluding carboxylic acids is 1. The van der Waals surface area contributed by atoms with Crippen molar-refractivity contribution in [3.8, 4) is 0 Å². The molecule has 8 nitrogen and oxygen atoms in total. The second-order valence-electron chi connectivity index (χ2n) is 6.95. The van der Waals surface area contributed by atoms with Crippen LogP contribution in [0.4, 0.5) is 4.79 Å². The molecule has 1 aliphatic rings. The fourth-order valence-electron chi connectivity index (χ4n) is 3.66. The Morgan fingerprint density at radius 1 is 1.07 bits per heavy atom. The molecule has 0 fully saturated rings. The van der Waals surface area contributed by atoms with E-state index in [-0.39, 0.29) is 18.9 Å². The highest BCUT2D eigenvalue weighted by molar-refractivity contribution is 8.05. The molecule has 2 atom stereocenters. The van der Waals surface area contributed by atoms with Gasteiger partial charge in [0.25, 0.3) is 9.84 Å². The van der Waals surface area contributed by atoms with Crippen LogP contribution in [-0.4, -0.2) is 28.9 Å². The Balaban J connectivity index is 1.62. The summed E-state index contributed by atoms with van der Waals surface area (Å²) in [6.07, 6.45) is 0.641. The van der Waals surface area contributed by atoms with Gasteiger partial charge in [-0.25, -0.2) is 23.1 Å². The molecule has 3 aromatic rings. The number of aromatic amines is 2. The maximum absolute atomic E-state index is 13.1. The lowest BCUT2D eigenvalue weighted by Gasteiger charge is -2.29. The summed E-state index contributed by atoms with van der Waals surface area (Å²) in [5.74, 6) is 0.0351. The van der Waals surface area contributed by atoms with Crippen molar-refractivity contribution in [3.05, 3.63) is 87.6 Å². The van der Waals surface area contributed by atoms with E-state index in [1.165, 1.54) is 0 Å². The summed E-state index contributed by atoms with van der Waals surface area (Å²) in [5, 5.41) is 2.75. The second-order valence-corrected chi connectivity index (χ2v) is 8.94. The standard InChI is InChI=1S/C20H19N3O5S/c24-19-21-18(22-23-19)15-10-14-8-4-5-9-16(14)17(11-15)29(26,27)20(25)28-12-13-6-2-1-3-7-13/h1-9,15,17H,10-12H2,(H2,21,22,23,24)/t15-,17?/m1/s1. The van der Waals surface area contributed by atoms with Crippen LogP contribution in [0, 0.1) is 0 Å². The van der Waals surface area contributed by atoms with Crippen molar-refractivity contribution in [2.24, 2.45) is 0 Å². The van der Waals surface area contributed by atoms with Crippen LogP contribution >= 0.6 is 0 Å². The molecule has 150 valence electrons. The summed E-state index contributed by atoms with van der Waals surface area (Å²) in [5.41, 5.74) is 1.56. The van der Waals surface area contributed by atoms with Crippen molar-refractivity contribution in [1.82, 2.24) is 15.2 Å². The van der Waals surface area contributed by atoms with Crippen LogP contribution in [0.15, 0.2) is 59.4 Å². The Morgan fingerprint density at radius 2 is 1.79 bits per heavy atom. The minimum Gasteiger partial charge on any atom is -0.449 e. The highest BCUT2D eigenvalue weighted by Crippen LogP contribution is 2.42. The van der Waals surface area contributed by atoms with E-state index in [0.717, 1.165) is 5.56 Å². The number of sulfone groups is 1. The van der Waals surface area contributed by atoms with Crippen LogP contribution in [0.2, 0.25) is 0 Å². The first-order valence-corrected chi connectivity index (χ1v) is 10.7. The molecule has 1 heterocycles. The van der Waals surface area contributed by atoms with Gasteiger partial charge in [0.2, 0.25) is 0 Å². The zero-order valence-electron chi connectivity index (χ0n) is 15.4. The minimum absolute atomic E-state index is 0.122. The molecule has 0 spiro atoms. The predicted octanol–water partition coefficient (Wildman–Crippen LogP) is 2.62. The third-order valence-electron chi connectivity index (χ3n) is 5.08. The van der Waals surface area contributed by atoms with Gasteiger partial charge in [0.05, 0.1) is 5.25 Å². The summed E-state index contributed by atoms with van der Waals surface area (Å²) in [4.78, 5) is 27.8. The summed E-state index contributed by atoms with van der Waals surface area (Å²) in [6, 6.07) is 16.0. The highest BCUT2D eigenvalue weighted by Gasteiger charge is 2.42. The molecule has 0 radical (unpaired) electrons. The number of hydrogen-bond acceptors (Lipinski definition) is 6. The molecule has 0 saturated heterocycles. The van der Waals surface area contributed by atoms with Gasteiger partial charge in [-0.1, -0.05) is 54.6 Å². The van der Waals surface area contributed by atoms with Crippen molar-refractivity contribution in [1.29, 1.82) is 0 Å². The first-order chi connectivity index (χ1) is 13.9. The SMILES string of the molecule is O=C(OCc1ccccc1)S(=O)(=O)C1C[C@H](c2nc(=O)[nH][nH]2)Cc2ccccc21.